The molecule has 1 aromatic rings. The van der Waals surface area contributed by atoms with Gasteiger partial charge in [-0.15, -0.1) is 0 Å². The molecule has 0 aromatic heterocycles. The van der Waals surface area contributed by atoms with Crippen molar-refractivity contribution in [3.8, 4) is 0 Å². The zero-order valence-corrected chi connectivity index (χ0v) is 23.1. The lowest BCUT2D eigenvalue weighted by Gasteiger charge is -2.35. The number of esters is 3. The molecule has 0 saturated carbocycles. The number of rotatable bonds is 13. The molecule has 1 fully saturated rings. The van der Waals surface area contributed by atoms with Crippen LogP contribution in [0.3, 0.4) is 0 Å². The third kappa shape index (κ3) is 8.40. The normalized spacial score (nSPS) is 19.4. The van der Waals surface area contributed by atoms with Crippen molar-refractivity contribution >= 4 is 23.8 Å². The first-order chi connectivity index (χ1) is 18.8. The Morgan fingerprint density at radius 2 is 1.43 bits per heavy atom. The molecule has 0 atom stereocenters. The molecule has 1 heterocycles. The van der Waals surface area contributed by atoms with Gasteiger partial charge in [0.15, 0.2) is 0 Å². The Morgan fingerprint density at radius 3 is 1.90 bits per heavy atom. The van der Waals surface area contributed by atoms with Gasteiger partial charge in [-0.05, 0) is 64.3 Å². The predicted molar refractivity (Wildman–Crippen MR) is 134 cm³/mol. The maximum atomic E-state index is 13.0. The van der Waals surface area contributed by atoms with Crippen LogP contribution in [0.1, 0.15) is 69.3 Å². The monoisotopic (exact) mass is 575 g/mol. The van der Waals surface area contributed by atoms with E-state index in [1.165, 1.54) is 20.8 Å². The van der Waals surface area contributed by atoms with Crippen LogP contribution in [0.15, 0.2) is 24.3 Å². The first-order valence-corrected chi connectivity index (χ1v) is 13.1. The van der Waals surface area contributed by atoms with Gasteiger partial charge in [0.2, 0.25) is 5.54 Å². The molecule has 0 radical (unpaired) electrons. The Labute approximate surface area is 230 Å². The van der Waals surface area contributed by atoms with E-state index in [4.69, 9.17) is 23.7 Å². The van der Waals surface area contributed by atoms with Gasteiger partial charge in [-0.1, -0.05) is 6.42 Å². The van der Waals surface area contributed by atoms with Crippen molar-refractivity contribution in [1.29, 1.82) is 0 Å². The number of alkyl halides is 3. The van der Waals surface area contributed by atoms with Crippen molar-refractivity contribution in [1.82, 2.24) is 5.32 Å². The first kappa shape index (κ1) is 33.0. The average Bonchev–Trinajstić information content (AvgIpc) is 2.91. The molecule has 13 heteroatoms. The van der Waals surface area contributed by atoms with Crippen LogP contribution in [-0.2, 0) is 44.2 Å². The molecule has 0 bridgehead atoms. The highest BCUT2D eigenvalue weighted by atomic mass is 19.4. The summed E-state index contributed by atoms with van der Waals surface area (Å²) in [6.07, 6.45) is -3.50. The first-order valence-electron chi connectivity index (χ1n) is 13.1. The number of carbonyl (C=O) groups excluding carboxylic acids is 4. The van der Waals surface area contributed by atoms with Crippen LogP contribution in [0.25, 0.3) is 0 Å². The summed E-state index contributed by atoms with van der Waals surface area (Å²) in [5, 5.41) is 2.38. The van der Waals surface area contributed by atoms with Crippen molar-refractivity contribution in [3.05, 3.63) is 35.4 Å². The van der Waals surface area contributed by atoms with Crippen LogP contribution in [0.5, 0.6) is 0 Å². The minimum atomic E-state index is -4.60. The summed E-state index contributed by atoms with van der Waals surface area (Å²) >= 11 is 0. The summed E-state index contributed by atoms with van der Waals surface area (Å²) in [6.45, 7) is 6.65. The van der Waals surface area contributed by atoms with E-state index < -0.39 is 46.9 Å². The Bertz CT molecular complexity index is 1000. The molecule has 10 nitrogen and oxygen atoms in total. The van der Waals surface area contributed by atoms with Gasteiger partial charge in [0, 0.05) is 18.4 Å². The Kier molecular flexibility index (Phi) is 11.9. The van der Waals surface area contributed by atoms with Crippen LogP contribution in [-0.4, -0.2) is 68.2 Å². The van der Waals surface area contributed by atoms with Crippen LogP contribution in [0.2, 0.25) is 0 Å². The van der Waals surface area contributed by atoms with Gasteiger partial charge >= 0.3 is 24.1 Å². The second-order valence-electron chi connectivity index (χ2n) is 9.28. The van der Waals surface area contributed by atoms with Crippen molar-refractivity contribution in [3.63, 3.8) is 0 Å². The van der Waals surface area contributed by atoms with Crippen molar-refractivity contribution in [2.24, 2.45) is 5.92 Å². The maximum absolute atomic E-state index is 13.0. The number of benzene rings is 1. The Balaban J connectivity index is 2.13. The molecule has 1 saturated heterocycles. The van der Waals surface area contributed by atoms with Crippen molar-refractivity contribution in [2.75, 3.05) is 33.0 Å². The summed E-state index contributed by atoms with van der Waals surface area (Å²) in [5.74, 6) is -5.21. The Hall–Kier alpha value is -3.19. The lowest BCUT2D eigenvalue weighted by atomic mass is 9.90. The average molecular weight is 576 g/mol. The summed E-state index contributed by atoms with van der Waals surface area (Å²) in [7, 11) is 0. The third-order valence-electron chi connectivity index (χ3n) is 6.30. The lowest BCUT2D eigenvalue weighted by molar-refractivity contribution is -0.274. The molecule has 0 spiro atoms. The number of nitrogens with one attached hydrogen (secondary N) is 1. The fourth-order valence-electron chi connectivity index (χ4n) is 4.05. The fourth-order valence-corrected chi connectivity index (χ4v) is 4.05. The molecule has 1 aliphatic rings. The van der Waals surface area contributed by atoms with Crippen molar-refractivity contribution < 1.29 is 56.0 Å². The minimum Gasteiger partial charge on any atom is -0.464 e. The molecule has 1 amide bonds. The van der Waals surface area contributed by atoms with Gasteiger partial charge in [-0.3, -0.25) is 4.79 Å². The number of hydrogen-bond donors (Lipinski definition) is 1. The smallest absolute Gasteiger partial charge is 0.416 e. The second-order valence-corrected chi connectivity index (χ2v) is 9.28. The van der Waals surface area contributed by atoms with Crippen LogP contribution < -0.4 is 5.32 Å². The van der Waals surface area contributed by atoms with E-state index in [1.807, 2.05) is 0 Å². The standard InChI is InChI=1S/C27H36F3NO9/c1-5-36-22(33)25(4)39-16-18(17-40-25)10-8-9-15-26(23(34)37-6-2,24(35)38-7-3)31-21(32)19-11-13-20(14-12-19)27(28,29)30/h11-14,18H,5-10,15-17H2,1-4H3,(H,31,32)/t18-,25+. The molecule has 0 aliphatic carbocycles. The van der Waals surface area contributed by atoms with Crippen LogP contribution >= 0.6 is 0 Å². The third-order valence-corrected chi connectivity index (χ3v) is 6.30. The molecule has 2 rings (SSSR count). The molecule has 1 N–H and O–H groups in total. The van der Waals surface area contributed by atoms with E-state index in [1.54, 1.807) is 6.92 Å². The predicted octanol–water partition coefficient (Wildman–Crippen LogP) is 3.80. The number of halogens is 3. The number of carbonyl (C=O) groups is 4. The van der Waals surface area contributed by atoms with Crippen LogP contribution in [0, 0.1) is 5.92 Å². The van der Waals surface area contributed by atoms with Gasteiger partial charge in [0.1, 0.15) is 0 Å². The largest absolute Gasteiger partial charge is 0.464 e. The Morgan fingerprint density at radius 1 is 0.900 bits per heavy atom. The van der Waals surface area contributed by atoms with Gasteiger partial charge in [0.05, 0.1) is 38.6 Å². The topological polar surface area (TPSA) is 126 Å². The van der Waals surface area contributed by atoms with Gasteiger partial charge in [-0.25, -0.2) is 14.4 Å². The SMILES string of the molecule is CCOC(=O)C(CCCC[C@H]1CO[C@@](C)(C(=O)OCC)OC1)(NC(=O)c1ccc(C(F)(F)F)cc1)C(=O)OCC. The van der Waals surface area contributed by atoms with E-state index in [-0.39, 0.29) is 57.4 Å². The lowest BCUT2D eigenvalue weighted by Crippen LogP contribution is -2.61. The molecule has 1 aromatic carbocycles. The zero-order chi connectivity index (χ0) is 30.0. The summed E-state index contributed by atoms with van der Waals surface area (Å²) in [5.41, 5.74) is -3.36. The van der Waals surface area contributed by atoms with E-state index in [9.17, 15) is 32.3 Å². The molecular formula is C27H36F3NO9. The van der Waals surface area contributed by atoms with E-state index in [0.717, 1.165) is 24.3 Å². The van der Waals surface area contributed by atoms with E-state index in [2.05, 4.69) is 5.32 Å². The number of amides is 1. The summed E-state index contributed by atoms with van der Waals surface area (Å²) in [4.78, 5) is 51.1. The maximum Gasteiger partial charge on any atom is 0.416 e. The van der Waals surface area contributed by atoms with Gasteiger partial charge in [-0.2, -0.15) is 13.2 Å². The molecule has 0 unspecified atom stereocenters. The number of unbranched alkanes of at least 4 members (excludes halogenated alkanes) is 1. The highest BCUT2D eigenvalue weighted by molar-refractivity contribution is 6.10. The van der Waals surface area contributed by atoms with E-state index in [0.29, 0.717) is 12.8 Å². The summed E-state index contributed by atoms with van der Waals surface area (Å²) < 4.78 is 65.1. The minimum absolute atomic E-state index is 0.0798. The zero-order valence-electron chi connectivity index (χ0n) is 23.1. The van der Waals surface area contributed by atoms with Crippen LogP contribution in [0.4, 0.5) is 13.2 Å². The quantitative estimate of drug-likeness (QED) is 0.162. The number of ether oxygens (including phenoxy) is 5. The van der Waals surface area contributed by atoms with Gasteiger partial charge < -0.3 is 29.0 Å². The molecular weight excluding hydrogens is 539 g/mol. The highest BCUT2D eigenvalue weighted by Gasteiger charge is 2.50. The second kappa shape index (κ2) is 14.4. The molecule has 224 valence electrons. The van der Waals surface area contributed by atoms with Crippen molar-refractivity contribution in [2.45, 2.75) is 70.9 Å². The number of hydrogen-bond acceptors (Lipinski definition) is 9. The molecule has 1 aliphatic heterocycles. The summed E-state index contributed by atoms with van der Waals surface area (Å²) in [6, 6.07) is 3.36. The van der Waals surface area contributed by atoms with E-state index >= 15 is 0 Å². The fraction of sp³-hybridized carbons (Fsp3) is 0.630. The molecule has 40 heavy (non-hydrogen) atoms. The van der Waals surface area contributed by atoms with Gasteiger partial charge in [0.25, 0.3) is 11.7 Å². The highest BCUT2D eigenvalue weighted by Crippen LogP contribution is 2.30.